The Morgan fingerprint density at radius 1 is 1.36 bits per heavy atom. The van der Waals surface area contributed by atoms with Crippen LogP contribution in [-0.4, -0.2) is 59.4 Å². The third kappa shape index (κ3) is 6.75. The summed E-state index contributed by atoms with van der Waals surface area (Å²) in [5.41, 5.74) is 0.344. The van der Waals surface area contributed by atoms with Crippen molar-refractivity contribution in [1.82, 2.24) is 20.7 Å². The highest BCUT2D eigenvalue weighted by Gasteiger charge is 2.20. The molecule has 1 amide bonds. The van der Waals surface area contributed by atoms with Crippen molar-refractivity contribution in [2.75, 3.05) is 26.2 Å². The third-order valence-electron chi connectivity index (χ3n) is 4.67. The van der Waals surface area contributed by atoms with Crippen LogP contribution in [0.1, 0.15) is 48.4 Å². The van der Waals surface area contributed by atoms with Crippen LogP contribution in [0.5, 0.6) is 0 Å². The van der Waals surface area contributed by atoms with Gasteiger partial charge in [0.25, 0.3) is 5.91 Å². The Bertz CT molecular complexity index is 515. The Labute approximate surface area is 160 Å². The zero-order chi connectivity index (χ0) is 16.1. The number of aliphatic hydroxyl groups is 1. The van der Waals surface area contributed by atoms with Crippen LogP contribution < -0.4 is 10.6 Å². The quantitative estimate of drug-likeness (QED) is 0.674. The number of piperidine rings is 1. The number of carbonyl (C=O) groups is 1. The fourth-order valence-electron chi connectivity index (χ4n) is 3.25. The van der Waals surface area contributed by atoms with E-state index in [4.69, 9.17) is 4.52 Å². The van der Waals surface area contributed by atoms with E-state index in [1.807, 2.05) is 0 Å². The largest absolute Gasteiger partial charge is 0.393 e. The molecule has 2 aliphatic rings. The molecule has 144 valence electrons. The Balaban J connectivity index is 0.00000156. The Morgan fingerprint density at radius 3 is 2.80 bits per heavy atom. The second-order valence-corrected chi connectivity index (χ2v) is 6.52. The maximum absolute atomic E-state index is 12.1. The maximum atomic E-state index is 12.1. The molecular weight excluding hydrogens is 367 g/mol. The van der Waals surface area contributed by atoms with Crippen molar-refractivity contribution in [1.29, 1.82) is 0 Å². The van der Waals surface area contributed by atoms with E-state index in [0.717, 1.165) is 38.9 Å². The number of nitrogens with one attached hydrogen (secondary N) is 2. The van der Waals surface area contributed by atoms with E-state index in [-0.39, 0.29) is 36.8 Å². The van der Waals surface area contributed by atoms with Gasteiger partial charge in [0.15, 0.2) is 11.5 Å². The molecule has 1 aromatic heterocycles. The summed E-state index contributed by atoms with van der Waals surface area (Å²) in [6.07, 6.45) is 4.75. The van der Waals surface area contributed by atoms with Gasteiger partial charge in [-0.1, -0.05) is 5.16 Å². The lowest BCUT2D eigenvalue weighted by molar-refractivity contribution is 0.0748. The van der Waals surface area contributed by atoms with Gasteiger partial charge < -0.3 is 20.3 Å². The first kappa shape index (κ1) is 22.2. The van der Waals surface area contributed by atoms with Crippen LogP contribution in [0, 0.1) is 0 Å². The molecule has 2 fully saturated rings. The lowest BCUT2D eigenvalue weighted by atomic mass is 10.1. The van der Waals surface area contributed by atoms with E-state index < -0.39 is 0 Å². The van der Waals surface area contributed by atoms with Crippen molar-refractivity contribution in [2.24, 2.45) is 0 Å². The second kappa shape index (κ2) is 11.0. The monoisotopic (exact) mass is 394 g/mol. The van der Waals surface area contributed by atoms with Crippen LogP contribution in [0.15, 0.2) is 10.6 Å². The molecule has 7 nitrogen and oxygen atoms in total. The molecule has 2 saturated heterocycles. The van der Waals surface area contributed by atoms with Crippen molar-refractivity contribution in [3.63, 3.8) is 0 Å². The average molecular weight is 395 g/mol. The number of hydrogen-bond acceptors (Lipinski definition) is 6. The fourth-order valence-corrected chi connectivity index (χ4v) is 3.25. The highest BCUT2D eigenvalue weighted by molar-refractivity contribution is 5.92. The van der Waals surface area contributed by atoms with Crippen LogP contribution in [0.4, 0.5) is 0 Å². The summed E-state index contributed by atoms with van der Waals surface area (Å²) in [4.78, 5) is 14.3. The third-order valence-corrected chi connectivity index (χ3v) is 4.67. The molecular formula is C16H28Cl2N4O3. The molecule has 0 spiro atoms. The van der Waals surface area contributed by atoms with Crippen LogP contribution in [-0.2, 0) is 6.54 Å². The molecule has 1 aromatic rings. The predicted octanol–water partition coefficient (Wildman–Crippen LogP) is 1.35. The Hall–Kier alpha value is -0.860. The van der Waals surface area contributed by atoms with E-state index >= 15 is 0 Å². The molecule has 9 heteroatoms. The number of likely N-dealkylation sites (tertiary alicyclic amines) is 1. The van der Waals surface area contributed by atoms with Gasteiger partial charge in [0, 0.05) is 31.7 Å². The minimum atomic E-state index is -0.184. The number of rotatable bonds is 6. The lowest BCUT2D eigenvalue weighted by Crippen LogP contribution is -2.35. The van der Waals surface area contributed by atoms with E-state index in [0.29, 0.717) is 30.6 Å². The van der Waals surface area contributed by atoms with Crippen molar-refractivity contribution in [3.8, 4) is 0 Å². The summed E-state index contributed by atoms with van der Waals surface area (Å²) >= 11 is 0. The summed E-state index contributed by atoms with van der Waals surface area (Å²) in [6, 6.07) is 2.24. The smallest absolute Gasteiger partial charge is 0.273 e. The number of aliphatic hydroxyl groups excluding tert-OH is 1. The number of amides is 1. The van der Waals surface area contributed by atoms with Crippen LogP contribution in [0.2, 0.25) is 0 Å². The van der Waals surface area contributed by atoms with Gasteiger partial charge in [0.2, 0.25) is 0 Å². The lowest BCUT2D eigenvalue weighted by Gasteiger charge is -2.28. The maximum Gasteiger partial charge on any atom is 0.273 e. The Morgan fingerprint density at radius 2 is 2.12 bits per heavy atom. The van der Waals surface area contributed by atoms with Crippen molar-refractivity contribution < 1.29 is 14.4 Å². The first-order valence-electron chi connectivity index (χ1n) is 8.58. The van der Waals surface area contributed by atoms with Gasteiger partial charge in [-0.3, -0.25) is 9.69 Å². The molecule has 3 N–H and O–H groups in total. The minimum Gasteiger partial charge on any atom is -0.393 e. The van der Waals surface area contributed by atoms with E-state index in [2.05, 4.69) is 20.7 Å². The molecule has 3 rings (SSSR count). The van der Waals surface area contributed by atoms with E-state index in [1.54, 1.807) is 6.07 Å². The first-order valence-corrected chi connectivity index (χ1v) is 8.58. The van der Waals surface area contributed by atoms with Gasteiger partial charge in [-0.05, 0) is 38.6 Å². The van der Waals surface area contributed by atoms with Gasteiger partial charge in [0.1, 0.15) is 0 Å². The molecule has 0 aliphatic carbocycles. The van der Waals surface area contributed by atoms with Gasteiger partial charge in [0.05, 0.1) is 12.6 Å². The van der Waals surface area contributed by atoms with Gasteiger partial charge in [-0.25, -0.2) is 0 Å². The van der Waals surface area contributed by atoms with Crippen molar-refractivity contribution in [3.05, 3.63) is 17.5 Å². The zero-order valence-corrected chi connectivity index (χ0v) is 15.9. The number of hydrogen-bond donors (Lipinski definition) is 3. The molecule has 3 heterocycles. The van der Waals surface area contributed by atoms with Crippen LogP contribution in [0.25, 0.3) is 0 Å². The number of carbonyl (C=O) groups excluding carboxylic acids is 1. The summed E-state index contributed by atoms with van der Waals surface area (Å²) < 4.78 is 5.27. The highest BCUT2D eigenvalue weighted by Crippen LogP contribution is 2.14. The minimum absolute atomic E-state index is 0. The van der Waals surface area contributed by atoms with E-state index in [9.17, 15) is 9.90 Å². The van der Waals surface area contributed by atoms with Crippen molar-refractivity contribution >= 4 is 30.7 Å². The molecule has 0 radical (unpaired) electrons. The first-order chi connectivity index (χ1) is 11.2. The molecule has 2 aliphatic heterocycles. The molecule has 0 unspecified atom stereocenters. The van der Waals surface area contributed by atoms with Crippen LogP contribution >= 0.6 is 24.8 Å². The SMILES string of the molecule is Cl.Cl.O=C(NCC[C@@H]1CCCN1)c1cc(CN2CCC(O)CC2)on1. The second-order valence-electron chi connectivity index (χ2n) is 6.52. The van der Waals surface area contributed by atoms with Crippen molar-refractivity contribution in [2.45, 2.75) is 50.8 Å². The molecule has 0 bridgehead atoms. The van der Waals surface area contributed by atoms with Gasteiger partial charge in [-0.15, -0.1) is 24.8 Å². The fraction of sp³-hybridized carbons (Fsp3) is 0.750. The molecule has 0 saturated carbocycles. The summed E-state index contributed by atoms with van der Waals surface area (Å²) in [6.45, 7) is 4.07. The van der Waals surface area contributed by atoms with Gasteiger partial charge in [-0.2, -0.15) is 0 Å². The van der Waals surface area contributed by atoms with Gasteiger partial charge >= 0.3 is 0 Å². The normalized spacial score (nSPS) is 21.4. The molecule has 1 atom stereocenters. The number of aromatic nitrogens is 1. The summed E-state index contributed by atoms with van der Waals surface area (Å²) in [5.74, 6) is 0.524. The summed E-state index contributed by atoms with van der Waals surface area (Å²) in [5, 5.41) is 19.7. The Kier molecular flexibility index (Phi) is 9.74. The summed E-state index contributed by atoms with van der Waals surface area (Å²) in [7, 11) is 0. The topological polar surface area (TPSA) is 90.6 Å². The average Bonchev–Trinajstić information content (AvgIpc) is 3.21. The van der Waals surface area contributed by atoms with Crippen LogP contribution in [0.3, 0.4) is 0 Å². The zero-order valence-electron chi connectivity index (χ0n) is 14.3. The molecule has 0 aromatic carbocycles. The highest BCUT2D eigenvalue weighted by atomic mass is 35.5. The molecule has 25 heavy (non-hydrogen) atoms. The van der Waals surface area contributed by atoms with E-state index in [1.165, 1.54) is 12.8 Å². The standard InChI is InChI=1S/C16H26N4O3.2ClH/c21-13-4-8-20(9-5-13)11-14-10-15(19-23-14)16(22)18-7-3-12-2-1-6-17-12;;/h10,12-13,17,21H,1-9,11H2,(H,18,22);2*1H/t12-;;/m0../s1. The number of halogens is 2. The number of nitrogens with zero attached hydrogens (tertiary/aromatic N) is 2. The predicted molar refractivity (Wildman–Crippen MR) is 99.5 cm³/mol.